The summed E-state index contributed by atoms with van der Waals surface area (Å²) in [6.45, 7) is 0. The first-order valence-electron chi connectivity index (χ1n) is 3.83. The molecule has 8 heteroatoms. The highest BCUT2D eigenvalue weighted by Gasteiger charge is 2.33. The van der Waals surface area contributed by atoms with E-state index in [9.17, 15) is 22.4 Å². The van der Waals surface area contributed by atoms with Crippen molar-refractivity contribution in [2.45, 2.75) is 12.2 Å². The third kappa shape index (κ3) is 3.06. The van der Waals surface area contributed by atoms with Crippen LogP contribution in [-0.4, -0.2) is 17.6 Å². The van der Waals surface area contributed by atoms with Gasteiger partial charge in [-0.3, -0.25) is 4.79 Å². The van der Waals surface area contributed by atoms with Gasteiger partial charge in [-0.15, -0.1) is 24.8 Å². The number of ether oxygens (including phenoxy) is 1. The van der Waals surface area contributed by atoms with Crippen LogP contribution in [0.5, 0.6) is 5.88 Å². The number of alkyl halides is 4. The number of halogens is 5. The van der Waals surface area contributed by atoms with E-state index in [0.29, 0.717) is 0 Å². The number of carbonyl (C=O) groups is 1. The normalized spacial score (nSPS) is 11.3. The molecule has 0 atom stereocenters. The third-order valence-corrected chi connectivity index (χ3v) is 1.81. The first-order chi connectivity index (χ1) is 7.37. The van der Waals surface area contributed by atoms with Crippen molar-refractivity contribution < 1.29 is 27.1 Å². The molecule has 0 radical (unpaired) electrons. The number of carbonyl (C=O) groups excluding carboxylic acids is 1. The van der Waals surface area contributed by atoms with Crippen LogP contribution in [0.1, 0.15) is 15.9 Å². The van der Waals surface area contributed by atoms with Gasteiger partial charge in [-0.25, -0.2) is 0 Å². The summed E-state index contributed by atoms with van der Waals surface area (Å²) in [4.78, 5) is 13.2. The van der Waals surface area contributed by atoms with E-state index in [4.69, 9.17) is 11.6 Å². The maximum atomic E-state index is 12.9. The number of rotatable bonds is 3. The number of pyridine rings is 1. The highest BCUT2D eigenvalue weighted by Crippen LogP contribution is 2.26. The number of aldehydes is 1. The fourth-order valence-corrected chi connectivity index (χ4v) is 1.10. The summed E-state index contributed by atoms with van der Waals surface area (Å²) in [6.07, 6.45) is -4.88. The van der Waals surface area contributed by atoms with Crippen molar-refractivity contribution in [3.63, 3.8) is 0 Å². The van der Waals surface area contributed by atoms with Gasteiger partial charge in [-0.1, -0.05) is 0 Å². The largest absolute Gasteiger partial charge is 0.574 e. The van der Waals surface area contributed by atoms with Gasteiger partial charge < -0.3 is 4.74 Å². The molecule has 3 nitrogen and oxygen atoms in total. The summed E-state index contributed by atoms with van der Waals surface area (Å²) >= 11 is 5.32. The molecule has 0 amide bonds. The van der Waals surface area contributed by atoms with Crippen LogP contribution in [0.2, 0.25) is 0 Å². The minimum absolute atomic E-state index is 0.121. The van der Waals surface area contributed by atoms with E-state index >= 15 is 0 Å². The Bertz CT molecular complexity index is 408. The molecule has 0 aliphatic carbocycles. The van der Waals surface area contributed by atoms with Crippen LogP contribution in [-0.2, 0) is 5.88 Å². The molecule has 0 saturated heterocycles. The Morgan fingerprint density at radius 2 is 2.12 bits per heavy atom. The van der Waals surface area contributed by atoms with E-state index in [-0.39, 0.29) is 17.7 Å². The highest BCUT2D eigenvalue weighted by molar-refractivity contribution is 6.17. The van der Waals surface area contributed by atoms with Gasteiger partial charge in [0.1, 0.15) is 0 Å². The van der Waals surface area contributed by atoms with E-state index < -0.39 is 23.8 Å². The summed E-state index contributed by atoms with van der Waals surface area (Å²) < 4.78 is 52.0. The van der Waals surface area contributed by atoms with Gasteiger partial charge >= 0.3 is 6.36 Å². The zero-order valence-corrected chi connectivity index (χ0v) is 8.27. The lowest BCUT2D eigenvalue weighted by molar-refractivity contribution is -0.276. The average molecular weight is 258 g/mol. The van der Waals surface area contributed by atoms with E-state index in [1.54, 1.807) is 0 Å². The molecule has 0 fully saturated rings. The summed E-state index contributed by atoms with van der Waals surface area (Å²) in [6, 6.07) is 0.851. The summed E-state index contributed by atoms with van der Waals surface area (Å²) in [5, 5.41) is 0. The lowest BCUT2D eigenvalue weighted by Crippen LogP contribution is -2.19. The first-order valence-corrected chi connectivity index (χ1v) is 4.37. The lowest BCUT2D eigenvalue weighted by atomic mass is 10.2. The number of hydrogen-bond acceptors (Lipinski definition) is 3. The van der Waals surface area contributed by atoms with Crippen LogP contribution in [0, 0.1) is 5.95 Å². The molecule has 0 bridgehead atoms. The van der Waals surface area contributed by atoms with E-state index in [2.05, 4.69) is 9.72 Å². The van der Waals surface area contributed by atoms with E-state index in [0.717, 1.165) is 6.07 Å². The van der Waals surface area contributed by atoms with Gasteiger partial charge in [0.25, 0.3) is 0 Å². The molecule has 1 aromatic heterocycles. The van der Waals surface area contributed by atoms with Gasteiger partial charge in [-0.2, -0.15) is 9.37 Å². The minimum atomic E-state index is -5.00. The van der Waals surface area contributed by atoms with Gasteiger partial charge in [0, 0.05) is 5.56 Å². The Morgan fingerprint density at radius 1 is 1.50 bits per heavy atom. The molecule has 1 rings (SSSR count). The van der Waals surface area contributed by atoms with Gasteiger partial charge in [0.15, 0.2) is 6.29 Å². The van der Waals surface area contributed by atoms with Crippen LogP contribution < -0.4 is 4.74 Å². The van der Waals surface area contributed by atoms with Crippen LogP contribution in [0.25, 0.3) is 0 Å². The van der Waals surface area contributed by atoms with Gasteiger partial charge in [0.2, 0.25) is 11.8 Å². The van der Waals surface area contributed by atoms with Crippen molar-refractivity contribution in [2.75, 3.05) is 0 Å². The molecule has 0 spiro atoms. The number of hydrogen-bond donors (Lipinski definition) is 0. The quantitative estimate of drug-likeness (QED) is 0.362. The molecular formula is C8H4ClF4NO2. The molecule has 0 saturated carbocycles. The summed E-state index contributed by atoms with van der Waals surface area (Å²) in [5.74, 6) is -2.73. The van der Waals surface area contributed by atoms with Crippen LogP contribution >= 0.6 is 11.6 Å². The molecular weight excluding hydrogens is 254 g/mol. The van der Waals surface area contributed by atoms with Crippen LogP contribution in [0.3, 0.4) is 0 Å². The van der Waals surface area contributed by atoms with Crippen molar-refractivity contribution in [1.29, 1.82) is 0 Å². The zero-order chi connectivity index (χ0) is 12.3. The molecule has 0 aliphatic rings. The average Bonchev–Trinajstić information content (AvgIpc) is 2.16. The minimum Gasteiger partial charge on any atom is -0.387 e. The smallest absolute Gasteiger partial charge is 0.387 e. The standard InChI is InChI=1S/C8H4ClF4NO2/c9-2-4-1-5(3-15)6(10)14-7(4)16-8(11,12)13/h1,3H,2H2. The highest BCUT2D eigenvalue weighted by atomic mass is 35.5. The topological polar surface area (TPSA) is 39.2 Å². The Labute approximate surface area is 92.0 Å². The van der Waals surface area contributed by atoms with Crippen LogP contribution in [0.15, 0.2) is 6.07 Å². The molecule has 0 unspecified atom stereocenters. The Kier molecular flexibility index (Phi) is 3.69. The zero-order valence-electron chi connectivity index (χ0n) is 7.52. The molecule has 16 heavy (non-hydrogen) atoms. The number of nitrogens with zero attached hydrogens (tertiary/aromatic N) is 1. The van der Waals surface area contributed by atoms with Crippen molar-refractivity contribution in [3.8, 4) is 5.88 Å². The molecule has 1 heterocycles. The maximum Gasteiger partial charge on any atom is 0.574 e. The monoisotopic (exact) mass is 257 g/mol. The summed E-state index contributed by atoms with van der Waals surface area (Å²) in [7, 11) is 0. The van der Waals surface area contributed by atoms with Crippen molar-refractivity contribution in [2.24, 2.45) is 0 Å². The maximum absolute atomic E-state index is 12.9. The van der Waals surface area contributed by atoms with Crippen molar-refractivity contribution >= 4 is 17.9 Å². The Morgan fingerprint density at radius 3 is 2.56 bits per heavy atom. The third-order valence-electron chi connectivity index (χ3n) is 1.53. The predicted octanol–water partition coefficient (Wildman–Crippen LogP) is 2.67. The fourth-order valence-electron chi connectivity index (χ4n) is 0.911. The molecule has 0 aromatic carbocycles. The second-order valence-corrected chi connectivity index (χ2v) is 2.90. The van der Waals surface area contributed by atoms with Crippen molar-refractivity contribution in [3.05, 3.63) is 23.1 Å². The van der Waals surface area contributed by atoms with Gasteiger partial charge in [0.05, 0.1) is 11.4 Å². The fraction of sp³-hybridized carbons (Fsp3) is 0.250. The second kappa shape index (κ2) is 4.65. The molecule has 0 N–H and O–H groups in total. The van der Waals surface area contributed by atoms with Gasteiger partial charge in [-0.05, 0) is 6.07 Å². The lowest BCUT2D eigenvalue weighted by Gasteiger charge is -2.11. The van der Waals surface area contributed by atoms with Crippen molar-refractivity contribution in [1.82, 2.24) is 4.98 Å². The molecule has 1 aromatic rings. The first kappa shape index (κ1) is 12.7. The second-order valence-electron chi connectivity index (χ2n) is 2.63. The van der Waals surface area contributed by atoms with Crippen LogP contribution in [0.4, 0.5) is 17.6 Å². The predicted molar refractivity (Wildman–Crippen MR) is 45.8 cm³/mol. The molecule has 0 aliphatic heterocycles. The summed E-state index contributed by atoms with van der Waals surface area (Å²) in [5.41, 5.74) is -0.701. The number of aromatic nitrogens is 1. The van der Waals surface area contributed by atoms with E-state index in [1.807, 2.05) is 0 Å². The Hall–Kier alpha value is -1.37. The SMILES string of the molecule is O=Cc1cc(CCl)c(OC(F)(F)F)nc1F. The molecule has 88 valence electrons. The van der Waals surface area contributed by atoms with E-state index in [1.165, 1.54) is 0 Å². The Balaban J connectivity index is 3.18.